The number of aromatic nitrogens is 2. The zero-order chi connectivity index (χ0) is 18.2. The van der Waals surface area contributed by atoms with Crippen LogP contribution in [0.15, 0.2) is 67.3 Å². The number of urea groups is 1. The predicted molar refractivity (Wildman–Crippen MR) is 96.9 cm³/mol. The summed E-state index contributed by atoms with van der Waals surface area (Å²) in [5, 5.41) is 14.3. The number of carbonyl (C=O) groups excluding carboxylic acids is 1. The normalized spacial score (nSPS) is 9.96. The molecule has 2 aromatic carbocycles. The van der Waals surface area contributed by atoms with Crippen LogP contribution in [0.4, 0.5) is 10.5 Å². The minimum absolute atomic E-state index is 0.272. The van der Waals surface area contributed by atoms with Crippen LogP contribution >= 0.6 is 0 Å². The Kier molecular flexibility index (Phi) is 5.47. The van der Waals surface area contributed by atoms with Crippen molar-refractivity contribution in [1.82, 2.24) is 14.9 Å². The molecule has 0 spiro atoms. The molecule has 0 saturated heterocycles. The Morgan fingerprint density at radius 2 is 1.81 bits per heavy atom. The van der Waals surface area contributed by atoms with Crippen molar-refractivity contribution in [2.45, 2.75) is 6.54 Å². The van der Waals surface area contributed by atoms with Crippen molar-refractivity contribution in [2.24, 2.45) is 0 Å². The van der Waals surface area contributed by atoms with E-state index in [4.69, 9.17) is 10.00 Å². The number of benzene rings is 2. The largest absolute Gasteiger partial charge is 0.457 e. The number of hydrogen-bond donors (Lipinski definition) is 2. The third-order valence-corrected chi connectivity index (χ3v) is 3.55. The van der Waals surface area contributed by atoms with E-state index in [9.17, 15) is 4.79 Å². The van der Waals surface area contributed by atoms with Crippen LogP contribution in [0.2, 0.25) is 0 Å². The van der Waals surface area contributed by atoms with E-state index < -0.39 is 0 Å². The summed E-state index contributed by atoms with van der Waals surface area (Å²) in [6.07, 6.45) is 5.24. The van der Waals surface area contributed by atoms with Crippen molar-refractivity contribution in [3.05, 3.63) is 72.8 Å². The number of carbonyl (C=O) groups is 1. The van der Waals surface area contributed by atoms with Gasteiger partial charge in [0.2, 0.25) is 0 Å². The van der Waals surface area contributed by atoms with Gasteiger partial charge in [-0.05, 0) is 48.5 Å². The number of anilines is 1. The third kappa shape index (κ3) is 4.85. The van der Waals surface area contributed by atoms with Crippen LogP contribution in [0.1, 0.15) is 5.56 Å². The number of ether oxygens (including phenoxy) is 1. The van der Waals surface area contributed by atoms with Gasteiger partial charge in [-0.25, -0.2) is 9.78 Å². The Labute approximate surface area is 150 Å². The van der Waals surface area contributed by atoms with Crippen molar-refractivity contribution in [1.29, 1.82) is 5.26 Å². The van der Waals surface area contributed by atoms with Crippen molar-refractivity contribution >= 4 is 11.7 Å². The topological polar surface area (TPSA) is 92.0 Å². The van der Waals surface area contributed by atoms with Gasteiger partial charge in [-0.15, -0.1) is 0 Å². The van der Waals surface area contributed by atoms with Crippen molar-refractivity contribution in [2.75, 3.05) is 11.9 Å². The average molecular weight is 347 g/mol. The first-order valence-corrected chi connectivity index (χ1v) is 8.01. The van der Waals surface area contributed by atoms with Crippen molar-refractivity contribution in [3.8, 4) is 17.6 Å². The number of imidazole rings is 1. The molecule has 2 amide bonds. The minimum atomic E-state index is -0.272. The summed E-state index contributed by atoms with van der Waals surface area (Å²) in [5.74, 6) is 1.28. The Morgan fingerprint density at radius 1 is 1.12 bits per heavy atom. The van der Waals surface area contributed by atoms with Gasteiger partial charge in [-0.2, -0.15) is 5.26 Å². The van der Waals surface area contributed by atoms with Crippen LogP contribution < -0.4 is 15.4 Å². The standard InChI is InChI=1S/C19H17N5O2/c20-13-15-1-5-17(6-2-15)26-18-7-3-16(4-8-18)23-19(25)22-10-12-24-11-9-21-14-24/h1-9,11,14H,10,12H2,(H2,22,23,25). The van der Waals surface area contributed by atoms with E-state index in [1.807, 2.05) is 10.8 Å². The average Bonchev–Trinajstić information content (AvgIpc) is 3.17. The summed E-state index contributed by atoms with van der Waals surface area (Å²) in [4.78, 5) is 15.8. The second kappa shape index (κ2) is 8.35. The molecule has 0 bridgehead atoms. The summed E-state index contributed by atoms with van der Waals surface area (Å²) >= 11 is 0. The molecular formula is C19H17N5O2. The first-order valence-electron chi connectivity index (χ1n) is 8.01. The fraction of sp³-hybridized carbons (Fsp3) is 0.105. The van der Waals surface area contributed by atoms with Gasteiger partial charge in [0.25, 0.3) is 0 Å². The molecule has 7 nitrogen and oxygen atoms in total. The lowest BCUT2D eigenvalue weighted by Gasteiger charge is -2.09. The molecule has 0 radical (unpaired) electrons. The Balaban J connectivity index is 1.47. The summed E-state index contributed by atoms with van der Waals surface area (Å²) in [6, 6.07) is 15.7. The fourth-order valence-corrected chi connectivity index (χ4v) is 2.23. The molecule has 1 aromatic heterocycles. The van der Waals surface area contributed by atoms with Gasteiger partial charge in [0.15, 0.2) is 0 Å². The number of nitrogens with zero attached hydrogens (tertiary/aromatic N) is 3. The van der Waals surface area contributed by atoms with Gasteiger partial charge in [-0.3, -0.25) is 0 Å². The maximum Gasteiger partial charge on any atom is 0.319 e. The molecule has 2 N–H and O–H groups in total. The molecular weight excluding hydrogens is 330 g/mol. The smallest absolute Gasteiger partial charge is 0.319 e. The van der Waals surface area contributed by atoms with E-state index in [0.717, 1.165) is 0 Å². The lowest BCUT2D eigenvalue weighted by Crippen LogP contribution is -2.31. The van der Waals surface area contributed by atoms with Crippen LogP contribution in [0.25, 0.3) is 0 Å². The summed E-state index contributed by atoms with van der Waals surface area (Å²) < 4.78 is 7.58. The Bertz CT molecular complexity index is 881. The van der Waals surface area contributed by atoms with Gasteiger partial charge in [0, 0.05) is 31.2 Å². The SMILES string of the molecule is N#Cc1ccc(Oc2ccc(NC(=O)NCCn3ccnc3)cc2)cc1. The predicted octanol–water partition coefficient (Wildman–Crippen LogP) is 3.37. The Morgan fingerprint density at radius 3 is 2.42 bits per heavy atom. The highest BCUT2D eigenvalue weighted by atomic mass is 16.5. The zero-order valence-corrected chi connectivity index (χ0v) is 13.9. The minimum Gasteiger partial charge on any atom is -0.457 e. The molecule has 0 atom stereocenters. The van der Waals surface area contributed by atoms with E-state index in [2.05, 4.69) is 21.7 Å². The third-order valence-electron chi connectivity index (χ3n) is 3.55. The first kappa shape index (κ1) is 17.0. The molecule has 3 aromatic rings. The maximum absolute atomic E-state index is 11.9. The molecule has 26 heavy (non-hydrogen) atoms. The molecule has 3 rings (SSSR count). The lowest BCUT2D eigenvalue weighted by molar-refractivity contribution is 0.251. The van der Waals surface area contributed by atoms with E-state index in [0.29, 0.717) is 35.8 Å². The number of nitrogens with one attached hydrogen (secondary N) is 2. The molecule has 0 saturated carbocycles. The van der Waals surface area contributed by atoms with Crippen molar-refractivity contribution < 1.29 is 9.53 Å². The van der Waals surface area contributed by atoms with Crippen LogP contribution in [0.5, 0.6) is 11.5 Å². The highest BCUT2D eigenvalue weighted by molar-refractivity contribution is 5.89. The van der Waals surface area contributed by atoms with Crippen molar-refractivity contribution in [3.63, 3.8) is 0 Å². The second-order valence-electron chi connectivity index (χ2n) is 5.44. The van der Waals surface area contributed by atoms with Crippen LogP contribution in [-0.4, -0.2) is 22.1 Å². The molecule has 0 aliphatic rings. The van der Waals surface area contributed by atoms with E-state index in [1.165, 1.54) is 0 Å². The van der Waals surface area contributed by atoms with E-state index in [1.54, 1.807) is 61.1 Å². The number of amides is 2. The molecule has 7 heteroatoms. The highest BCUT2D eigenvalue weighted by Crippen LogP contribution is 2.23. The molecule has 1 heterocycles. The lowest BCUT2D eigenvalue weighted by atomic mass is 10.2. The highest BCUT2D eigenvalue weighted by Gasteiger charge is 2.03. The molecule has 0 aliphatic heterocycles. The van der Waals surface area contributed by atoms with Crippen LogP contribution in [0, 0.1) is 11.3 Å². The van der Waals surface area contributed by atoms with E-state index in [-0.39, 0.29) is 6.03 Å². The summed E-state index contributed by atoms with van der Waals surface area (Å²) in [7, 11) is 0. The van der Waals surface area contributed by atoms with Gasteiger partial charge in [0.05, 0.1) is 18.0 Å². The van der Waals surface area contributed by atoms with Gasteiger partial charge >= 0.3 is 6.03 Å². The Hall–Kier alpha value is -3.79. The quantitative estimate of drug-likeness (QED) is 0.715. The molecule has 0 aliphatic carbocycles. The molecule has 130 valence electrons. The van der Waals surface area contributed by atoms with Gasteiger partial charge < -0.3 is 19.9 Å². The monoisotopic (exact) mass is 347 g/mol. The zero-order valence-electron chi connectivity index (χ0n) is 13.9. The van der Waals surface area contributed by atoms with Crippen LogP contribution in [-0.2, 0) is 6.54 Å². The van der Waals surface area contributed by atoms with Gasteiger partial charge in [0.1, 0.15) is 11.5 Å². The maximum atomic E-state index is 11.9. The summed E-state index contributed by atoms with van der Waals surface area (Å²) in [6.45, 7) is 1.16. The summed E-state index contributed by atoms with van der Waals surface area (Å²) in [5.41, 5.74) is 1.24. The first-order chi connectivity index (χ1) is 12.7. The molecule has 0 unspecified atom stereocenters. The van der Waals surface area contributed by atoms with E-state index >= 15 is 0 Å². The van der Waals surface area contributed by atoms with Crippen LogP contribution in [0.3, 0.4) is 0 Å². The van der Waals surface area contributed by atoms with Gasteiger partial charge in [-0.1, -0.05) is 0 Å². The number of rotatable bonds is 6. The fourth-order valence-electron chi connectivity index (χ4n) is 2.23. The molecule has 0 fully saturated rings. The number of hydrogen-bond acceptors (Lipinski definition) is 4. The number of nitriles is 1. The second-order valence-corrected chi connectivity index (χ2v) is 5.44.